The van der Waals surface area contributed by atoms with Crippen molar-refractivity contribution < 1.29 is 13.5 Å². The van der Waals surface area contributed by atoms with Crippen molar-refractivity contribution in [1.82, 2.24) is 0 Å². The molecule has 0 heterocycles. The minimum Gasteiger partial charge on any atom is -0.387 e. The summed E-state index contributed by atoms with van der Waals surface area (Å²) in [6.45, 7) is 0. The lowest BCUT2D eigenvalue weighted by molar-refractivity contribution is 0.202. The van der Waals surface area contributed by atoms with E-state index >= 15 is 0 Å². The number of hydrogen-bond donors (Lipinski definition) is 1. The maximum Gasteiger partial charge on any atom is 0.150 e. The minimum absolute atomic E-state index is 0.225. The van der Waals surface area contributed by atoms with E-state index in [0.29, 0.717) is 5.56 Å². The van der Waals surface area contributed by atoms with Gasteiger partial charge in [-0.25, -0.2) is 8.42 Å². The molecule has 72 valence electrons. The molecule has 1 unspecified atom stereocenters. The maximum absolute atomic E-state index is 10.9. The molecule has 0 radical (unpaired) electrons. The van der Waals surface area contributed by atoms with Crippen molar-refractivity contribution >= 4 is 9.84 Å². The van der Waals surface area contributed by atoms with E-state index in [9.17, 15) is 13.5 Å². The van der Waals surface area contributed by atoms with Crippen LogP contribution < -0.4 is 0 Å². The van der Waals surface area contributed by atoms with Gasteiger partial charge < -0.3 is 5.11 Å². The Morgan fingerprint density at radius 1 is 1.31 bits per heavy atom. The molecule has 0 aromatic heterocycles. The molecule has 0 fully saturated rings. The van der Waals surface area contributed by atoms with Crippen LogP contribution in [-0.4, -0.2) is 25.5 Å². The fraction of sp³-hybridized carbons (Fsp3) is 0.333. The zero-order chi connectivity index (χ0) is 9.90. The van der Waals surface area contributed by atoms with Gasteiger partial charge >= 0.3 is 0 Å². The van der Waals surface area contributed by atoms with Crippen LogP contribution in [0.2, 0.25) is 0 Å². The average molecular weight is 200 g/mol. The van der Waals surface area contributed by atoms with Gasteiger partial charge in [-0.1, -0.05) is 30.3 Å². The molecule has 0 aliphatic heterocycles. The SMILES string of the molecule is CS(=O)(=O)CC(O)c1ccccc1. The second-order valence-corrected chi connectivity index (χ2v) is 5.20. The first-order valence-electron chi connectivity index (χ1n) is 3.90. The smallest absolute Gasteiger partial charge is 0.150 e. The number of aliphatic hydroxyl groups excluding tert-OH is 1. The molecule has 0 spiro atoms. The summed E-state index contributed by atoms with van der Waals surface area (Å²) in [7, 11) is -3.12. The Bertz CT molecular complexity index is 356. The highest BCUT2D eigenvalue weighted by molar-refractivity contribution is 7.90. The molecule has 0 saturated heterocycles. The third-order valence-corrected chi connectivity index (χ3v) is 2.57. The van der Waals surface area contributed by atoms with Gasteiger partial charge in [0.05, 0.1) is 11.9 Å². The predicted molar refractivity (Wildman–Crippen MR) is 51.1 cm³/mol. The van der Waals surface area contributed by atoms with Crippen molar-refractivity contribution in [1.29, 1.82) is 0 Å². The van der Waals surface area contributed by atoms with Gasteiger partial charge in [-0.05, 0) is 5.56 Å². The van der Waals surface area contributed by atoms with E-state index in [-0.39, 0.29) is 5.75 Å². The van der Waals surface area contributed by atoms with Gasteiger partial charge in [0.25, 0.3) is 0 Å². The van der Waals surface area contributed by atoms with E-state index in [0.717, 1.165) is 6.26 Å². The third-order valence-electron chi connectivity index (χ3n) is 1.64. The molecular formula is C9H12O3S. The summed E-state index contributed by atoms with van der Waals surface area (Å²) in [6, 6.07) is 8.75. The molecule has 0 aliphatic carbocycles. The summed E-state index contributed by atoms with van der Waals surface area (Å²) >= 11 is 0. The summed E-state index contributed by atoms with van der Waals surface area (Å²) in [4.78, 5) is 0. The lowest BCUT2D eigenvalue weighted by atomic mass is 10.1. The van der Waals surface area contributed by atoms with Crippen LogP contribution in [0.25, 0.3) is 0 Å². The molecule has 0 saturated carbocycles. The number of rotatable bonds is 3. The van der Waals surface area contributed by atoms with E-state index in [1.807, 2.05) is 6.07 Å². The van der Waals surface area contributed by atoms with Crippen LogP contribution in [0.5, 0.6) is 0 Å². The van der Waals surface area contributed by atoms with Crippen LogP contribution in [0.1, 0.15) is 11.7 Å². The largest absolute Gasteiger partial charge is 0.387 e. The Balaban J connectivity index is 2.76. The fourth-order valence-electron chi connectivity index (χ4n) is 1.06. The van der Waals surface area contributed by atoms with E-state index in [1.165, 1.54) is 0 Å². The molecule has 1 rings (SSSR count). The molecule has 4 heteroatoms. The molecule has 0 amide bonds. The lowest BCUT2D eigenvalue weighted by Gasteiger charge is -2.08. The van der Waals surface area contributed by atoms with Crippen LogP contribution in [0.3, 0.4) is 0 Å². The molecule has 0 bridgehead atoms. The van der Waals surface area contributed by atoms with Crippen molar-refractivity contribution in [2.75, 3.05) is 12.0 Å². The number of benzene rings is 1. The first-order chi connectivity index (χ1) is 5.99. The highest BCUT2D eigenvalue weighted by Gasteiger charge is 2.13. The Hall–Kier alpha value is -0.870. The zero-order valence-corrected chi connectivity index (χ0v) is 8.16. The average Bonchev–Trinajstić information content (AvgIpc) is 2.03. The second kappa shape index (κ2) is 3.89. The fourth-order valence-corrected chi connectivity index (χ4v) is 1.82. The molecule has 1 atom stereocenters. The van der Waals surface area contributed by atoms with Gasteiger partial charge in [-0.15, -0.1) is 0 Å². The van der Waals surface area contributed by atoms with Gasteiger partial charge in [0, 0.05) is 6.26 Å². The van der Waals surface area contributed by atoms with Crippen molar-refractivity contribution in [2.45, 2.75) is 6.10 Å². The summed E-state index contributed by atoms with van der Waals surface area (Å²) in [5.74, 6) is -0.225. The topological polar surface area (TPSA) is 54.4 Å². The van der Waals surface area contributed by atoms with Crippen molar-refractivity contribution in [2.24, 2.45) is 0 Å². The molecule has 1 aromatic carbocycles. The number of aliphatic hydroxyl groups is 1. The maximum atomic E-state index is 10.9. The van der Waals surface area contributed by atoms with Gasteiger partial charge in [0.1, 0.15) is 9.84 Å². The van der Waals surface area contributed by atoms with Crippen LogP contribution >= 0.6 is 0 Å². The van der Waals surface area contributed by atoms with Gasteiger partial charge in [0.2, 0.25) is 0 Å². The molecule has 1 N–H and O–H groups in total. The molecule has 13 heavy (non-hydrogen) atoms. The Morgan fingerprint density at radius 2 is 1.85 bits per heavy atom. The normalized spacial score (nSPS) is 14.0. The van der Waals surface area contributed by atoms with Crippen LogP contribution in [0, 0.1) is 0 Å². The Kier molecular flexibility index (Phi) is 3.06. The van der Waals surface area contributed by atoms with Crippen molar-refractivity contribution in [3.63, 3.8) is 0 Å². The van der Waals surface area contributed by atoms with Gasteiger partial charge in [-0.3, -0.25) is 0 Å². The molecule has 1 aromatic rings. The van der Waals surface area contributed by atoms with Crippen molar-refractivity contribution in [3.05, 3.63) is 35.9 Å². The highest BCUT2D eigenvalue weighted by Crippen LogP contribution is 2.13. The molecule has 0 aliphatic rings. The summed E-state index contributed by atoms with van der Waals surface area (Å²) in [5.41, 5.74) is 0.632. The van der Waals surface area contributed by atoms with Crippen LogP contribution in [0.4, 0.5) is 0 Å². The van der Waals surface area contributed by atoms with Crippen molar-refractivity contribution in [3.8, 4) is 0 Å². The van der Waals surface area contributed by atoms with E-state index in [4.69, 9.17) is 0 Å². The van der Waals surface area contributed by atoms with Crippen LogP contribution in [-0.2, 0) is 9.84 Å². The number of hydrogen-bond acceptors (Lipinski definition) is 3. The van der Waals surface area contributed by atoms with E-state index in [2.05, 4.69) is 0 Å². The molecular weight excluding hydrogens is 188 g/mol. The van der Waals surface area contributed by atoms with Gasteiger partial charge in [-0.2, -0.15) is 0 Å². The summed E-state index contributed by atoms with van der Waals surface area (Å²) in [5, 5.41) is 9.48. The first-order valence-corrected chi connectivity index (χ1v) is 5.96. The first kappa shape index (κ1) is 10.2. The highest BCUT2D eigenvalue weighted by atomic mass is 32.2. The summed E-state index contributed by atoms with van der Waals surface area (Å²) < 4.78 is 21.7. The second-order valence-electron chi connectivity index (χ2n) is 3.02. The third kappa shape index (κ3) is 3.57. The standard InChI is InChI=1S/C9H12O3S/c1-13(11,12)7-9(10)8-5-3-2-4-6-8/h2-6,9-10H,7H2,1H3. The summed E-state index contributed by atoms with van der Waals surface area (Å²) in [6.07, 6.45) is 0.190. The predicted octanol–water partition coefficient (Wildman–Crippen LogP) is 0.765. The monoisotopic (exact) mass is 200 g/mol. The number of sulfone groups is 1. The Labute approximate surface area is 77.9 Å². The molecule has 3 nitrogen and oxygen atoms in total. The van der Waals surface area contributed by atoms with Gasteiger partial charge in [0.15, 0.2) is 0 Å². The van der Waals surface area contributed by atoms with E-state index < -0.39 is 15.9 Å². The quantitative estimate of drug-likeness (QED) is 0.784. The van der Waals surface area contributed by atoms with E-state index in [1.54, 1.807) is 24.3 Å². The lowest BCUT2D eigenvalue weighted by Crippen LogP contribution is -2.12. The van der Waals surface area contributed by atoms with Crippen LogP contribution in [0.15, 0.2) is 30.3 Å². The zero-order valence-electron chi connectivity index (χ0n) is 7.34. The Morgan fingerprint density at radius 3 is 2.31 bits per heavy atom. The minimum atomic E-state index is -3.12.